The summed E-state index contributed by atoms with van der Waals surface area (Å²) in [6, 6.07) is -0.816. The van der Waals surface area contributed by atoms with E-state index in [9.17, 15) is 30.3 Å². The molecule has 66 heavy (non-hydrogen) atoms. The molecule has 7 unspecified atom stereocenters. The summed E-state index contributed by atoms with van der Waals surface area (Å²) in [5.74, 6) is -0.184. The second-order valence-electron chi connectivity index (χ2n) is 20.1. The van der Waals surface area contributed by atoms with E-state index in [1.165, 1.54) is 218 Å². The monoisotopic (exact) mass is 936 g/mol. The standard InChI is InChI=1S/C57H109NO8/c1-3-5-7-9-11-13-15-16-17-18-19-20-21-22-23-24-25-26-27-28-29-30-31-32-33-34-35-36-37-39-41-43-45-47-53(61)58-50(49-65-57-56(64)55(63)54(62)52(48-59)66-57)51(60)46-44-42-40-38-14-12-10-8-6-4-2/h14,38,44,46,50-52,54-57,59-60,62-64H,3-13,15-37,39-43,45,47-49H2,1-2H3,(H,58,61)/b38-14+,46-44+. The number of aliphatic hydroxyl groups excluding tert-OH is 5. The first-order valence-corrected chi connectivity index (χ1v) is 28.6. The van der Waals surface area contributed by atoms with Crippen LogP contribution in [0.15, 0.2) is 24.3 Å². The molecule has 0 saturated carbocycles. The fraction of sp³-hybridized carbons (Fsp3) is 0.912. The van der Waals surface area contributed by atoms with Crippen molar-refractivity contribution in [3.8, 4) is 0 Å². The Hall–Kier alpha value is -1.33. The molecule has 1 saturated heterocycles. The number of carbonyl (C=O) groups is 1. The average molecular weight is 936 g/mol. The van der Waals surface area contributed by atoms with E-state index in [0.717, 1.165) is 38.5 Å². The van der Waals surface area contributed by atoms with Crippen molar-refractivity contribution in [3.05, 3.63) is 24.3 Å². The Morgan fingerprint density at radius 3 is 1.27 bits per heavy atom. The van der Waals surface area contributed by atoms with Gasteiger partial charge in [0.15, 0.2) is 6.29 Å². The third-order valence-electron chi connectivity index (χ3n) is 13.8. The zero-order valence-electron chi connectivity index (χ0n) is 43.2. The van der Waals surface area contributed by atoms with Gasteiger partial charge >= 0.3 is 0 Å². The normalized spacial score (nSPS) is 19.9. The number of unbranched alkanes of at least 4 members (excludes halogenated alkanes) is 37. The highest BCUT2D eigenvalue weighted by Crippen LogP contribution is 2.23. The van der Waals surface area contributed by atoms with Gasteiger partial charge in [-0.1, -0.05) is 263 Å². The number of hydrogen-bond acceptors (Lipinski definition) is 8. The molecule has 0 aromatic carbocycles. The fourth-order valence-corrected chi connectivity index (χ4v) is 9.23. The minimum atomic E-state index is -1.57. The number of rotatable bonds is 49. The summed E-state index contributed by atoms with van der Waals surface area (Å²) in [4.78, 5) is 13.0. The van der Waals surface area contributed by atoms with Gasteiger partial charge in [-0.2, -0.15) is 0 Å². The molecule has 9 heteroatoms. The number of carbonyl (C=O) groups excluding carboxylic acids is 1. The van der Waals surface area contributed by atoms with Gasteiger partial charge in [-0.25, -0.2) is 0 Å². The van der Waals surface area contributed by atoms with E-state index in [-0.39, 0.29) is 12.5 Å². The molecule has 7 atom stereocenters. The van der Waals surface area contributed by atoms with Gasteiger partial charge in [-0.05, 0) is 32.1 Å². The minimum absolute atomic E-state index is 0.184. The van der Waals surface area contributed by atoms with Gasteiger partial charge in [-0.3, -0.25) is 4.79 Å². The molecule has 6 N–H and O–H groups in total. The van der Waals surface area contributed by atoms with Crippen LogP contribution in [0, 0.1) is 0 Å². The molecule has 1 aliphatic rings. The van der Waals surface area contributed by atoms with Gasteiger partial charge in [-0.15, -0.1) is 0 Å². The summed E-state index contributed by atoms with van der Waals surface area (Å²) in [5.41, 5.74) is 0. The minimum Gasteiger partial charge on any atom is -0.394 e. The van der Waals surface area contributed by atoms with E-state index in [2.05, 4.69) is 31.3 Å². The fourth-order valence-electron chi connectivity index (χ4n) is 9.23. The van der Waals surface area contributed by atoms with E-state index in [1.54, 1.807) is 6.08 Å². The molecule has 1 amide bonds. The van der Waals surface area contributed by atoms with Crippen LogP contribution in [0.2, 0.25) is 0 Å². The molecule has 0 aromatic rings. The first kappa shape index (κ1) is 62.7. The van der Waals surface area contributed by atoms with Crippen LogP contribution in [0.5, 0.6) is 0 Å². The zero-order valence-corrected chi connectivity index (χ0v) is 43.2. The Bertz CT molecular complexity index is 1090. The summed E-state index contributed by atoms with van der Waals surface area (Å²) >= 11 is 0. The Morgan fingerprint density at radius 2 is 0.864 bits per heavy atom. The Morgan fingerprint density at radius 1 is 0.500 bits per heavy atom. The SMILES string of the molecule is CCCCCC/C=C/CC/C=C/C(O)C(COC1OC(CO)C(O)C(O)C1O)NC(=O)CCCCCCCCCCCCCCCCCCCCCCCCCCCCCCCCCCC. The summed E-state index contributed by atoms with van der Waals surface area (Å²) < 4.78 is 11.2. The molecule has 1 rings (SSSR count). The number of aliphatic hydroxyl groups is 5. The van der Waals surface area contributed by atoms with Gasteiger partial charge in [0.1, 0.15) is 24.4 Å². The second-order valence-corrected chi connectivity index (χ2v) is 20.1. The smallest absolute Gasteiger partial charge is 0.220 e. The largest absolute Gasteiger partial charge is 0.394 e. The van der Waals surface area contributed by atoms with Crippen molar-refractivity contribution in [2.24, 2.45) is 0 Å². The number of amides is 1. The highest BCUT2D eigenvalue weighted by Gasteiger charge is 2.44. The van der Waals surface area contributed by atoms with Crippen molar-refractivity contribution in [1.29, 1.82) is 0 Å². The van der Waals surface area contributed by atoms with Crippen LogP contribution in [0.4, 0.5) is 0 Å². The van der Waals surface area contributed by atoms with Crippen LogP contribution in [-0.2, 0) is 14.3 Å². The van der Waals surface area contributed by atoms with Gasteiger partial charge in [0.2, 0.25) is 5.91 Å². The Labute approximate surface area is 407 Å². The molecule has 0 aliphatic carbocycles. The van der Waals surface area contributed by atoms with Crippen LogP contribution < -0.4 is 5.32 Å². The van der Waals surface area contributed by atoms with E-state index in [4.69, 9.17) is 9.47 Å². The van der Waals surface area contributed by atoms with E-state index >= 15 is 0 Å². The van der Waals surface area contributed by atoms with Crippen LogP contribution in [0.3, 0.4) is 0 Å². The van der Waals surface area contributed by atoms with Gasteiger partial charge in [0.05, 0.1) is 25.4 Å². The molecule has 0 aromatic heterocycles. The summed E-state index contributed by atoms with van der Waals surface area (Å²) in [5, 5.41) is 54.2. The summed E-state index contributed by atoms with van der Waals surface area (Å²) in [6.45, 7) is 3.74. The van der Waals surface area contributed by atoms with E-state index < -0.39 is 49.5 Å². The molecular formula is C57H109NO8. The average Bonchev–Trinajstić information content (AvgIpc) is 3.32. The number of hydrogen-bond donors (Lipinski definition) is 6. The van der Waals surface area contributed by atoms with Gasteiger partial charge in [0, 0.05) is 6.42 Å². The Kier molecular flexibility index (Phi) is 45.0. The molecule has 1 heterocycles. The van der Waals surface area contributed by atoms with Crippen molar-refractivity contribution >= 4 is 5.91 Å². The molecule has 390 valence electrons. The van der Waals surface area contributed by atoms with Crippen molar-refractivity contribution in [1.82, 2.24) is 5.32 Å². The van der Waals surface area contributed by atoms with E-state index in [1.807, 2.05) is 6.08 Å². The van der Waals surface area contributed by atoms with Crippen LogP contribution in [-0.4, -0.2) is 87.5 Å². The maximum absolute atomic E-state index is 13.0. The maximum atomic E-state index is 13.0. The summed E-state index contributed by atoms with van der Waals surface area (Å²) in [6.07, 6.45) is 52.9. The number of nitrogens with one attached hydrogen (secondary N) is 1. The lowest BCUT2D eigenvalue weighted by molar-refractivity contribution is -0.302. The third-order valence-corrected chi connectivity index (χ3v) is 13.8. The van der Waals surface area contributed by atoms with Crippen LogP contribution in [0.1, 0.15) is 277 Å². The maximum Gasteiger partial charge on any atom is 0.220 e. The van der Waals surface area contributed by atoms with Gasteiger partial charge < -0.3 is 40.3 Å². The van der Waals surface area contributed by atoms with Crippen molar-refractivity contribution < 1.29 is 39.8 Å². The molecular weight excluding hydrogens is 827 g/mol. The van der Waals surface area contributed by atoms with Crippen LogP contribution >= 0.6 is 0 Å². The van der Waals surface area contributed by atoms with Crippen molar-refractivity contribution in [3.63, 3.8) is 0 Å². The third kappa shape index (κ3) is 36.6. The topological polar surface area (TPSA) is 149 Å². The highest BCUT2D eigenvalue weighted by atomic mass is 16.7. The lowest BCUT2D eigenvalue weighted by Gasteiger charge is -2.40. The Balaban J connectivity index is 2.06. The molecule has 1 fully saturated rings. The lowest BCUT2D eigenvalue weighted by Crippen LogP contribution is -2.60. The molecule has 0 bridgehead atoms. The predicted octanol–water partition coefficient (Wildman–Crippen LogP) is 13.8. The van der Waals surface area contributed by atoms with Crippen molar-refractivity contribution in [2.75, 3.05) is 13.2 Å². The van der Waals surface area contributed by atoms with Crippen LogP contribution in [0.25, 0.3) is 0 Å². The molecule has 0 spiro atoms. The zero-order chi connectivity index (χ0) is 48.0. The van der Waals surface area contributed by atoms with E-state index in [0.29, 0.717) is 6.42 Å². The van der Waals surface area contributed by atoms with Gasteiger partial charge in [0.25, 0.3) is 0 Å². The first-order chi connectivity index (χ1) is 32.3. The highest BCUT2D eigenvalue weighted by molar-refractivity contribution is 5.76. The number of ether oxygens (including phenoxy) is 2. The molecule has 9 nitrogen and oxygen atoms in total. The lowest BCUT2D eigenvalue weighted by atomic mass is 9.99. The summed E-state index contributed by atoms with van der Waals surface area (Å²) in [7, 11) is 0. The quantitative estimate of drug-likeness (QED) is 0.0261. The second kappa shape index (κ2) is 47.4. The predicted molar refractivity (Wildman–Crippen MR) is 277 cm³/mol. The van der Waals surface area contributed by atoms with Crippen molar-refractivity contribution in [2.45, 2.75) is 320 Å². The first-order valence-electron chi connectivity index (χ1n) is 28.6. The molecule has 0 radical (unpaired) electrons. The molecule has 1 aliphatic heterocycles. The number of allylic oxidation sites excluding steroid dienone is 3.